The van der Waals surface area contributed by atoms with Gasteiger partial charge < -0.3 is 20.7 Å². The van der Waals surface area contributed by atoms with Crippen molar-refractivity contribution in [3.63, 3.8) is 0 Å². The summed E-state index contributed by atoms with van der Waals surface area (Å²) in [6.07, 6.45) is 0.346. The maximum absolute atomic E-state index is 13.8. The van der Waals surface area contributed by atoms with E-state index >= 15 is 0 Å². The number of allylic oxidation sites excluding steroid dienone is 1. The van der Waals surface area contributed by atoms with Crippen LogP contribution in [0.3, 0.4) is 0 Å². The van der Waals surface area contributed by atoms with Crippen LogP contribution in [0.2, 0.25) is 5.02 Å². The summed E-state index contributed by atoms with van der Waals surface area (Å²) in [5, 5.41) is 7.67. The molecular formula is C21H23ClFN5O4. The van der Waals surface area contributed by atoms with Gasteiger partial charge in [-0.15, -0.1) is 5.10 Å². The average molecular weight is 464 g/mol. The molecule has 4 rings (SSSR count). The zero-order valence-corrected chi connectivity index (χ0v) is 18.4. The van der Waals surface area contributed by atoms with Crippen molar-refractivity contribution in [3.8, 4) is 5.88 Å². The van der Waals surface area contributed by atoms with Crippen LogP contribution >= 0.6 is 11.6 Å². The number of fused-ring (bicyclic) bond motifs is 2. The SMILES string of the molecule is CC(C)=C(F)CNC(=O)[C@@H]1C[C@H]2C[C@H]2N1C(=O)Cn1nc(OC(N)=O)c2ccc(Cl)cc21. The van der Waals surface area contributed by atoms with Crippen molar-refractivity contribution in [2.24, 2.45) is 11.7 Å². The first kappa shape index (κ1) is 22.1. The highest BCUT2D eigenvalue weighted by molar-refractivity contribution is 6.31. The smallest absolute Gasteiger partial charge is 0.389 e. The number of amides is 3. The number of rotatable bonds is 6. The summed E-state index contributed by atoms with van der Waals surface area (Å²) in [6.45, 7) is 2.86. The van der Waals surface area contributed by atoms with Crippen LogP contribution in [0.25, 0.3) is 10.9 Å². The van der Waals surface area contributed by atoms with E-state index in [-0.39, 0.29) is 42.7 Å². The van der Waals surface area contributed by atoms with Crippen molar-refractivity contribution in [2.45, 2.75) is 45.3 Å². The summed E-state index contributed by atoms with van der Waals surface area (Å²) in [7, 11) is 0. The Balaban J connectivity index is 1.54. The van der Waals surface area contributed by atoms with Gasteiger partial charge in [-0.05, 0) is 56.4 Å². The Morgan fingerprint density at radius 3 is 2.75 bits per heavy atom. The molecule has 1 aromatic heterocycles. The van der Waals surface area contributed by atoms with Gasteiger partial charge in [0.05, 0.1) is 17.4 Å². The van der Waals surface area contributed by atoms with Crippen molar-refractivity contribution in [2.75, 3.05) is 6.54 Å². The predicted octanol–water partition coefficient (Wildman–Crippen LogP) is 2.52. The van der Waals surface area contributed by atoms with Crippen molar-refractivity contribution in [1.29, 1.82) is 0 Å². The molecule has 32 heavy (non-hydrogen) atoms. The molecular weight excluding hydrogens is 441 g/mol. The van der Waals surface area contributed by atoms with Crippen LogP contribution in [0, 0.1) is 5.92 Å². The lowest BCUT2D eigenvalue weighted by molar-refractivity contribution is -0.140. The molecule has 2 aliphatic rings. The monoisotopic (exact) mass is 463 g/mol. The van der Waals surface area contributed by atoms with Crippen LogP contribution < -0.4 is 15.8 Å². The Morgan fingerprint density at radius 1 is 1.31 bits per heavy atom. The minimum Gasteiger partial charge on any atom is -0.389 e. The standard InChI is InChI=1S/C21H23ClFN5O4/c1-10(2)14(23)8-25-19(30)17-6-11-5-15(11)28(17)18(29)9-27-16-7-12(22)3-4-13(16)20(26-27)32-21(24)31/h3-4,7,11,15,17H,5-6,8-9H2,1-2H3,(H2,24,31)(H,25,30)/t11-,15-,17+/m1/s1. The maximum atomic E-state index is 13.8. The first-order valence-electron chi connectivity index (χ1n) is 10.2. The molecule has 1 aromatic carbocycles. The maximum Gasteiger partial charge on any atom is 0.411 e. The highest BCUT2D eigenvalue weighted by Crippen LogP contribution is 2.48. The van der Waals surface area contributed by atoms with Crippen molar-refractivity contribution in [1.82, 2.24) is 20.0 Å². The number of benzene rings is 1. The lowest BCUT2D eigenvalue weighted by Gasteiger charge is -2.27. The summed E-state index contributed by atoms with van der Waals surface area (Å²) in [6, 6.07) is 4.14. The third-order valence-corrected chi connectivity index (χ3v) is 6.05. The number of aromatic nitrogens is 2. The number of carbonyl (C=O) groups excluding carboxylic acids is 3. The van der Waals surface area contributed by atoms with E-state index < -0.39 is 18.0 Å². The molecule has 0 spiro atoms. The second kappa shape index (κ2) is 8.42. The molecule has 9 nitrogen and oxygen atoms in total. The molecule has 0 radical (unpaired) electrons. The molecule has 11 heteroatoms. The van der Waals surface area contributed by atoms with E-state index in [0.717, 1.165) is 6.42 Å². The van der Waals surface area contributed by atoms with Crippen LogP contribution in [0.5, 0.6) is 5.88 Å². The van der Waals surface area contributed by atoms with Gasteiger partial charge >= 0.3 is 6.09 Å². The molecule has 3 amide bonds. The van der Waals surface area contributed by atoms with E-state index in [9.17, 15) is 18.8 Å². The first-order chi connectivity index (χ1) is 15.2. The van der Waals surface area contributed by atoms with E-state index in [1.807, 2.05) is 0 Å². The number of nitrogens with zero attached hydrogens (tertiary/aromatic N) is 3. The minimum atomic E-state index is -1.03. The third-order valence-electron chi connectivity index (χ3n) is 5.82. The van der Waals surface area contributed by atoms with Gasteiger partial charge in [0.25, 0.3) is 5.88 Å². The normalized spacial score (nSPS) is 21.2. The minimum absolute atomic E-state index is 0.0155. The number of hydrogen-bond donors (Lipinski definition) is 2. The molecule has 0 unspecified atom stereocenters. The number of piperidine rings is 1. The molecule has 1 saturated carbocycles. The Labute approximate surface area is 188 Å². The average Bonchev–Trinajstić information content (AvgIpc) is 3.27. The van der Waals surface area contributed by atoms with Crippen LogP contribution in [-0.2, 0) is 16.1 Å². The van der Waals surface area contributed by atoms with Crippen LogP contribution in [0.15, 0.2) is 29.6 Å². The zero-order valence-electron chi connectivity index (χ0n) is 17.6. The van der Waals surface area contributed by atoms with Gasteiger partial charge in [-0.1, -0.05) is 11.6 Å². The molecule has 1 aliphatic carbocycles. The summed E-state index contributed by atoms with van der Waals surface area (Å²) in [5.74, 6) is -0.864. The molecule has 3 atom stereocenters. The molecule has 3 N–H and O–H groups in total. The van der Waals surface area contributed by atoms with E-state index in [0.29, 0.717) is 27.9 Å². The number of halogens is 2. The molecule has 2 fully saturated rings. The number of hydrogen-bond acceptors (Lipinski definition) is 5. The topological polar surface area (TPSA) is 120 Å². The van der Waals surface area contributed by atoms with Crippen molar-refractivity contribution in [3.05, 3.63) is 34.6 Å². The van der Waals surface area contributed by atoms with Gasteiger partial charge in [-0.25, -0.2) is 9.18 Å². The second-order valence-electron chi connectivity index (χ2n) is 8.28. The Kier molecular flexibility index (Phi) is 5.81. The number of ether oxygens (including phenoxy) is 1. The van der Waals surface area contributed by atoms with Crippen LogP contribution in [0.4, 0.5) is 9.18 Å². The third kappa shape index (κ3) is 4.27. The predicted molar refractivity (Wildman–Crippen MR) is 115 cm³/mol. The van der Waals surface area contributed by atoms with Crippen molar-refractivity contribution < 1.29 is 23.5 Å². The highest BCUT2D eigenvalue weighted by atomic mass is 35.5. The van der Waals surface area contributed by atoms with Crippen LogP contribution in [-0.4, -0.2) is 51.2 Å². The van der Waals surface area contributed by atoms with Gasteiger partial charge in [0.2, 0.25) is 11.8 Å². The fraction of sp³-hybridized carbons (Fsp3) is 0.429. The zero-order chi connectivity index (χ0) is 23.2. The Morgan fingerprint density at radius 2 is 2.06 bits per heavy atom. The lowest BCUT2D eigenvalue weighted by Crippen LogP contribution is -2.49. The molecule has 2 aromatic rings. The van der Waals surface area contributed by atoms with E-state index in [4.69, 9.17) is 22.1 Å². The van der Waals surface area contributed by atoms with Gasteiger partial charge in [0, 0.05) is 11.1 Å². The Hall–Kier alpha value is -3.14. The summed E-state index contributed by atoms with van der Waals surface area (Å²) < 4.78 is 20.1. The van der Waals surface area contributed by atoms with Gasteiger partial charge in [-0.3, -0.25) is 14.3 Å². The number of nitrogens with two attached hydrogens (primary N) is 1. The van der Waals surface area contributed by atoms with Crippen LogP contribution in [0.1, 0.15) is 26.7 Å². The van der Waals surface area contributed by atoms with Gasteiger partial charge in [0.15, 0.2) is 0 Å². The van der Waals surface area contributed by atoms with E-state index in [2.05, 4.69) is 10.4 Å². The van der Waals surface area contributed by atoms with Crippen molar-refractivity contribution >= 4 is 40.4 Å². The molecule has 1 saturated heterocycles. The summed E-state index contributed by atoms with van der Waals surface area (Å²) in [5.41, 5.74) is 6.09. The van der Waals surface area contributed by atoms with Gasteiger partial charge in [-0.2, -0.15) is 0 Å². The molecule has 170 valence electrons. The number of nitrogens with one attached hydrogen (secondary N) is 1. The lowest BCUT2D eigenvalue weighted by atomic mass is 10.1. The molecule has 2 heterocycles. The van der Waals surface area contributed by atoms with Gasteiger partial charge in [0.1, 0.15) is 18.4 Å². The summed E-state index contributed by atoms with van der Waals surface area (Å²) >= 11 is 6.09. The quantitative estimate of drug-likeness (QED) is 0.682. The number of primary amides is 1. The Bertz CT molecular complexity index is 1140. The molecule has 0 bridgehead atoms. The fourth-order valence-electron chi connectivity index (χ4n) is 4.13. The number of likely N-dealkylation sites (tertiary alicyclic amines) is 1. The fourth-order valence-corrected chi connectivity index (χ4v) is 4.29. The molecule has 1 aliphatic heterocycles. The highest BCUT2D eigenvalue weighted by Gasteiger charge is 2.56. The van der Waals surface area contributed by atoms with E-state index in [1.54, 1.807) is 36.9 Å². The first-order valence-corrected chi connectivity index (χ1v) is 10.6. The largest absolute Gasteiger partial charge is 0.411 e. The summed E-state index contributed by atoms with van der Waals surface area (Å²) in [4.78, 5) is 38.7. The second-order valence-corrected chi connectivity index (χ2v) is 8.72. The number of carbonyl (C=O) groups is 3. The van der Waals surface area contributed by atoms with E-state index in [1.165, 1.54) is 4.68 Å².